The van der Waals surface area contributed by atoms with Crippen LogP contribution in [0.4, 0.5) is 5.69 Å². The average molecular weight is 201 g/mol. The van der Waals surface area contributed by atoms with Gasteiger partial charge in [0, 0.05) is 11.3 Å². The van der Waals surface area contributed by atoms with Crippen LogP contribution in [-0.2, 0) is 0 Å². The first kappa shape index (κ1) is 8.40. The standard InChI is InChI=1S/C10H11N5/c11-9-4-7(6-1-2-6)3-8(5-9)10-12-14-15-13-10/h3-6H,1-2,11H2,(H,12,13,14,15). The van der Waals surface area contributed by atoms with Gasteiger partial charge < -0.3 is 5.73 Å². The summed E-state index contributed by atoms with van der Waals surface area (Å²) >= 11 is 0. The van der Waals surface area contributed by atoms with Gasteiger partial charge in [-0.2, -0.15) is 5.21 Å². The first-order valence-corrected chi connectivity index (χ1v) is 4.97. The second kappa shape index (κ2) is 3.05. The van der Waals surface area contributed by atoms with Crippen LogP contribution in [0.25, 0.3) is 11.4 Å². The van der Waals surface area contributed by atoms with E-state index >= 15 is 0 Å². The lowest BCUT2D eigenvalue weighted by atomic mass is 10.1. The number of nitrogens with one attached hydrogen (secondary N) is 1. The molecule has 0 aliphatic heterocycles. The molecule has 0 spiro atoms. The van der Waals surface area contributed by atoms with Crippen LogP contribution < -0.4 is 5.73 Å². The number of hydrogen-bond acceptors (Lipinski definition) is 4. The van der Waals surface area contributed by atoms with Crippen molar-refractivity contribution >= 4 is 5.69 Å². The molecule has 3 rings (SSSR count). The molecule has 5 heteroatoms. The summed E-state index contributed by atoms with van der Waals surface area (Å²) in [5.41, 5.74) is 8.83. The predicted octanol–water partition coefficient (Wildman–Crippen LogP) is 1.33. The molecule has 1 aromatic carbocycles. The third kappa shape index (κ3) is 1.56. The van der Waals surface area contributed by atoms with E-state index in [1.54, 1.807) is 0 Å². The Bertz CT molecular complexity index is 473. The van der Waals surface area contributed by atoms with Crippen LogP contribution in [-0.4, -0.2) is 20.6 Å². The van der Waals surface area contributed by atoms with Crippen molar-refractivity contribution in [2.75, 3.05) is 5.73 Å². The summed E-state index contributed by atoms with van der Waals surface area (Å²) in [6, 6.07) is 6.00. The van der Waals surface area contributed by atoms with Crippen LogP contribution in [0.1, 0.15) is 24.3 Å². The van der Waals surface area contributed by atoms with Crippen LogP contribution in [0.2, 0.25) is 0 Å². The van der Waals surface area contributed by atoms with Crippen LogP contribution in [0.15, 0.2) is 18.2 Å². The molecule has 1 aliphatic rings. The van der Waals surface area contributed by atoms with Crippen molar-refractivity contribution in [2.24, 2.45) is 0 Å². The first-order valence-electron chi connectivity index (χ1n) is 4.97. The topological polar surface area (TPSA) is 80.5 Å². The molecule has 0 unspecified atom stereocenters. The summed E-state index contributed by atoms with van der Waals surface area (Å²) in [4.78, 5) is 0. The second-order valence-electron chi connectivity index (χ2n) is 3.90. The minimum Gasteiger partial charge on any atom is -0.399 e. The van der Waals surface area contributed by atoms with Crippen LogP contribution in [0.3, 0.4) is 0 Å². The van der Waals surface area contributed by atoms with Crippen molar-refractivity contribution in [3.05, 3.63) is 23.8 Å². The minimum absolute atomic E-state index is 0.601. The zero-order valence-corrected chi connectivity index (χ0v) is 8.14. The Kier molecular flexibility index (Phi) is 1.71. The lowest BCUT2D eigenvalue weighted by molar-refractivity contribution is 0.881. The van der Waals surface area contributed by atoms with Crippen LogP contribution >= 0.6 is 0 Å². The van der Waals surface area contributed by atoms with E-state index in [1.807, 2.05) is 12.1 Å². The number of rotatable bonds is 2. The highest BCUT2D eigenvalue weighted by atomic mass is 15.5. The van der Waals surface area contributed by atoms with Crippen molar-refractivity contribution in [2.45, 2.75) is 18.8 Å². The Hall–Kier alpha value is -1.91. The Morgan fingerprint density at radius 3 is 2.80 bits per heavy atom. The van der Waals surface area contributed by atoms with Crippen molar-refractivity contribution in [1.29, 1.82) is 0 Å². The molecule has 5 nitrogen and oxygen atoms in total. The van der Waals surface area contributed by atoms with E-state index in [0.29, 0.717) is 11.7 Å². The van der Waals surface area contributed by atoms with Crippen molar-refractivity contribution < 1.29 is 0 Å². The van der Waals surface area contributed by atoms with E-state index in [4.69, 9.17) is 5.73 Å². The fourth-order valence-electron chi connectivity index (χ4n) is 1.74. The summed E-state index contributed by atoms with van der Waals surface area (Å²) < 4.78 is 0. The normalized spacial score (nSPS) is 15.5. The molecule has 0 saturated heterocycles. The third-order valence-electron chi connectivity index (χ3n) is 2.63. The van der Waals surface area contributed by atoms with E-state index in [2.05, 4.69) is 26.7 Å². The quantitative estimate of drug-likeness (QED) is 0.718. The van der Waals surface area contributed by atoms with Gasteiger partial charge in [-0.15, -0.1) is 10.2 Å². The predicted molar refractivity (Wildman–Crippen MR) is 56.0 cm³/mol. The second-order valence-corrected chi connectivity index (χ2v) is 3.90. The van der Waals surface area contributed by atoms with E-state index in [0.717, 1.165) is 11.3 Å². The number of nitrogens with zero attached hydrogens (tertiary/aromatic N) is 3. The Labute approximate surface area is 86.7 Å². The number of nitrogens with two attached hydrogens (primary N) is 1. The molecule has 0 amide bonds. The zero-order chi connectivity index (χ0) is 10.3. The van der Waals surface area contributed by atoms with Crippen LogP contribution in [0, 0.1) is 0 Å². The largest absolute Gasteiger partial charge is 0.399 e. The maximum atomic E-state index is 5.84. The summed E-state index contributed by atoms with van der Waals surface area (Å²) in [6.07, 6.45) is 2.52. The van der Waals surface area contributed by atoms with Gasteiger partial charge in [0.05, 0.1) is 0 Å². The SMILES string of the molecule is Nc1cc(-c2nn[nH]n2)cc(C2CC2)c1. The minimum atomic E-state index is 0.601. The van der Waals surface area contributed by atoms with Gasteiger partial charge in [0.1, 0.15) is 0 Å². The molecule has 0 atom stereocenters. The number of aromatic nitrogens is 4. The summed E-state index contributed by atoms with van der Waals surface area (Å²) in [7, 11) is 0. The number of hydrogen-bond donors (Lipinski definition) is 2. The first-order chi connectivity index (χ1) is 7.33. The fraction of sp³-hybridized carbons (Fsp3) is 0.300. The molecule has 1 aliphatic carbocycles. The number of aromatic amines is 1. The molecule has 76 valence electrons. The molecule has 1 heterocycles. The van der Waals surface area contributed by atoms with Crippen LogP contribution in [0.5, 0.6) is 0 Å². The third-order valence-corrected chi connectivity index (χ3v) is 2.63. The number of benzene rings is 1. The molecule has 0 radical (unpaired) electrons. The molecular weight excluding hydrogens is 190 g/mol. The maximum absolute atomic E-state index is 5.84. The van der Waals surface area contributed by atoms with Gasteiger partial charge in [-0.05, 0) is 47.7 Å². The van der Waals surface area contributed by atoms with E-state index < -0.39 is 0 Å². The number of anilines is 1. The van der Waals surface area contributed by atoms with Gasteiger partial charge in [0.25, 0.3) is 0 Å². The highest BCUT2D eigenvalue weighted by Gasteiger charge is 2.24. The summed E-state index contributed by atoms with van der Waals surface area (Å²) in [6.45, 7) is 0. The smallest absolute Gasteiger partial charge is 0.204 e. The van der Waals surface area contributed by atoms with Gasteiger partial charge in [-0.25, -0.2) is 0 Å². The molecule has 1 saturated carbocycles. The van der Waals surface area contributed by atoms with Gasteiger partial charge >= 0.3 is 0 Å². The number of nitrogen functional groups attached to an aromatic ring is 1. The molecule has 1 aromatic heterocycles. The van der Waals surface area contributed by atoms with Crippen molar-refractivity contribution in [3.63, 3.8) is 0 Å². The van der Waals surface area contributed by atoms with Crippen molar-refractivity contribution in [3.8, 4) is 11.4 Å². The highest BCUT2D eigenvalue weighted by Crippen LogP contribution is 2.41. The lowest BCUT2D eigenvalue weighted by Crippen LogP contribution is -1.91. The number of H-pyrrole nitrogens is 1. The molecule has 0 bridgehead atoms. The van der Waals surface area contributed by atoms with Gasteiger partial charge in [0.15, 0.2) is 0 Å². The molecule has 15 heavy (non-hydrogen) atoms. The molecule has 2 aromatic rings. The van der Waals surface area contributed by atoms with E-state index in [-0.39, 0.29) is 0 Å². The Morgan fingerprint density at radius 1 is 1.27 bits per heavy atom. The zero-order valence-electron chi connectivity index (χ0n) is 8.14. The molecule has 1 fully saturated rings. The summed E-state index contributed by atoms with van der Waals surface area (Å²) in [5.74, 6) is 1.28. The monoisotopic (exact) mass is 201 g/mol. The average Bonchev–Trinajstić information content (AvgIpc) is 2.93. The van der Waals surface area contributed by atoms with Gasteiger partial charge in [-0.3, -0.25) is 0 Å². The fourth-order valence-corrected chi connectivity index (χ4v) is 1.74. The number of tetrazole rings is 1. The van der Waals surface area contributed by atoms with Gasteiger partial charge in [-0.1, -0.05) is 0 Å². The van der Waals surface area contributed by atoms with E-state index in [1.165, 1.54) is 18.4 Å². The van der Waals surface area contributed by atoms with Crippen molar-refractivity contribution in [1.82, 2.24) is 20.6 Å². The molecular formula is C10H11N5. The Morgan fingerprint density at radius 2 is 2.13 bits per heavy atom. The maximum Gasteiger partial charge on any atom is 0.204 e. The Balaban J connectivity index is 2.07. The van der Waals surface area contributed by atoms with E-state index in [9.17, 15) is 0 Å². The highest BCUT2D eigenvalue weighted by molar-refractivity contribution is 5.63. The lowest BCUT2D eigenvalue weighted by Gasteiger charge is -2.03. The van der Waals surface area contributed by atoms with Gasteiger partial charge in [0.2, 0.25) is 5.82 Å². The molecule has 3 N–H and O–H groups in total. The summed E-state index contributed by atoms with van der Waals surface area (Å²) in [5, 5.41) is 13.9.